The number of hydrogen-bond donors (Lipinski definition) is 1. The van der Waals surface area contributed by atoms with Gasteiger partial charge in [0.25, 0.3) is 0 Å². The number of hydrogen-bond acceptors (Lipinski definition) is 4. The van der Waals surface area contributed by atoms with Crippen LogP contribution in [0.1, 0.15) is 11.7 Å². The summed E-state index contributed by atoms with van der Waals surface area (Å²) in [7, 11) is 0. The summed E-state index contributed by atoms with van der Waals surface area (Å²) in [5.41, 5.74) is 0. The predicted octanol–water partition coefficient (Wildman–Crippen LogP) is 1.03. The number of nitrogens with one attached hydrogen (secondary N) is 1. The Morgan fingerprint density at radius 1 is 1.46 bits per heavy atom. The first-order valence-electron chi connectivity index (χ1n) is 3.54. The van der Waals surface area contributed by atoms with Gasteiger partial charge in [0.15, 0.2) is 5.82 Å². The van der Waals surface area contributed by atoms with E-state index in [0.717, 1.165) is 0 Å². The highest BCUT2D eigenvalue weighted by Crippen LogP contribution is 2.12. The van der Waals surface area contributed by atoms with Gasteiger partial charge in [-0.3, -0.25) is 0 Å². The molecule has 0 bridgehead atoms. The maximum atomic E-state index is 11.6. The molecule has 0 aliphatic heterocycles. The number of nitrogens with zero attached hydrogens (tertiary/aromatic N) is 2. The molecule has 0 unspecified atom stereocenters. The molecule has 1 aromatic heterocycles. The Hall–Kier alpha value is -1.11. The van der Waals surface area contributed by atoms with Gasteiger partial charge in [0, 0.05) is 6.92 Å². The molecule has 0 aliphatic rings. The Morgan fingerprint density at radius 2 is 2.15 bits per heavy atom. The van der Waals surface area contributed by atoms with Crippen molar-refractivity contribution in [2.75, 3.05) is 6.54 Å². The van der Waals surface area contributed by atoms with Crippen LogP contribution < -0.4 is 5.32 Å². The van der Waals surface area contributed by atoms with E-state index in [0.29, 0.717) is 5.89 Å². The van der Waals surface area contributed by atoms with Gasteiger partial charge in [-0.25, -0.2) is 0 Å². The average Bonchev–Trinajstić information content (AvgIpc) is 2.33. The highest BCUT2D eigenvalue weighted by molar-refractivity contribution is 4.82. The number of halogens is 3. The van der Waals surface area contributed by atoms with Crippen LogP contribution in [0.25, 0.3) is 0 Å². The number of aryl methyl sites for hydroxylation is 1. The van der Waals surface area contributed by atoms with E-state index in [4.69, 9.17) is 0 Å². The van der Waals surface area contributed by atoms with Crippen molar-refractivity contribution >= 4 is 0 Å². The molecule has 13 heavy (non-hydrogen) atoms. The molecule has 1 rings (SSSR count). The zero-order valence-corrected chi connectivity index (χ0v) is 6.85. The van der Waals surface area contributed by atoms with E-state index in [2.05, 4.69) is 20.0 Å². The van der Waals surface area contributed by atoms with Crippen LogP contribution in [0.4, 0.5) is 13.2 Å². The standard InChI is InChI=1S/C6H8F3N3O/c1-4-11-5(12-13-4)2-10-3-6(7,8)9/h10H,2-3H2,1H3. The molecule has 74 valence electrons. The van der Waals surface area contributed by atoms with Crippen LogP contribution in [0, 0.1) is 6.92 Å². The van der Waals surface area contributed by atoms with E-state index in [-0.39, 0.29) is 12.4 Å². The van der Waals surface area contributed by atoms with Gasteiger partial charge in [0.2, 0.25) is 5.89 Å². The van der Waals surface area contributed by atoms with E-state index in [9.17, 15) is 13.2 Å². The molecule has 7 heteroatoms. The van der Waals surface area contributed by atoms with E-state index in [1.54, 1.807) is 6.92 Å². The third-order valence-electron chi connectivity index (χ3n) is 1.18. The fourth-order valence-electron chi connectivity index (χ4n) is 0.729. The molecule has 0 atom stereocenters. The topological polar surface area (TPSA) is 51.0 Å². The summed E-state index contributed by atoms with van der Waals surface area (Å²) in [5, 5.41) is 5.56. The molecular weight excluding hydrogens is 187 g/mol. The van der Waals surface area contributed by atoms with Crippen LogP contribution in [0.3, 0.4) is 0 Å². The smallest absolute Gasteiger partial charge is 0.340 e. The summed E-state index contributed by atoms with van der Waals surface area (Å²) in [4.78, 5) is 3.72. The largest absolute Gasteiger partial charge is 0.401 e. The van der Waals surface area contributed by atoms with Crippen molar-refractivity contribution in [3.05, 3.63) is 11.7 Å². The molecule has 0 saturated heterocycles. The van der Waals surface area contributed by atoms with E-state index in [1.807, 2.05) is 0 Å². The van der Waals surface area contributed by atoms with Crippen molar-refractivity contribution in [3.63, 3.8) is 0 Å². The van der Waals surface area contributed by atoms with Crippen LogP contribution in [0.2, 0.25) is 0 Å². The molecule has 0 aromatic carbocycles. The van der Waals surface area contributed by atoms with Crippen molar-refractivity contribution in [3.8, 4) is 0 Å². The minimum absolute atomic E-state index is 0.0448. The van der Waals surface area contributed by atoms with Crippen molar-refractivity contribution in [1.29, 1.82) is 0 Å². The molecule has 0 spiro atoms. The Kier molecular flexibility index (Phi) is 2.86. The summed E-state index contributed by atoms with van der Waals surface area (Å²) in [6.45, 7) is 0.470. The zero-order valence-electron chi connectivity index (χ0n) is 6.85. The minimum Gasteiger partial charge on any atom is -0.340 e. The van der Waals surface area contributed by atoms with Crippen LogP contribution in [0.15, 0.2) is 4.52 Å². The SMILES string of the molecule is Cc1nc(CNCC(F)(F)F)no1. The maximum Gasteiger partial charge on any atom is 0.401 e. The van der Waals surface area contributed by atoms with Crippen molar-refractivity contribution in [1.82, 2.24) is 15.5 Å². The van der Waals surface area contributed by atoms with E-state index < -0.39 is 12.7 Å². The van der Waals surface area contributed by atoms with Crippen LogP contribution in [-0.2, 0) is 6.54 Å². The quantitative estimate of drug-likeness (QED) is 0.782. The van der Waals surface area contributed by atoms with Gasteiger partial charge in [-0.1, -0.05) is 5.16 Å². The van der Waals surface area contributed by atoms with Crippen LogP contribution in [-0.4, -0.2) is 22.9 Å². The Morgan fingerprint density at radius 3 is 2.62 bits per heavy atom. The Balaban J connectivity index is 2.28. The third-order valence-corrected chi connectivity index (χ3v) is 1.18. The molecule has 0 amide bonds. The summed E-state index contributed by atoms with van der Waals surface area (Å²) >= 11 is 0. The summed E-state index contributed by atoms with van der Waals surface area (Å²) < 4.78 is 39.5. The first-order valence-corrected chi connectivity index (χ1v) is 3.54. The molecule has 1 N–H and O–H groups in total. The summed E-state index contributed by atoms with van der Waals surface area (Å²) in [6.07, 6.45) is -4.21. The third kappa shape index (κ3) is 3.88. The summed E-state index contributed by atoms with van der Waals surface area (Å²) in [6, 6.07) is 0. The summed E-state index contributed by atoms with van der Waals surface area (Å²) in [5.74, 6) is 0.561. The van der Waals surface area contributed by atoms with Crippen molar-refractivity contribution in [2.24, 2.45) is 0 Å². The lowest BCUT2D eigenvalue weighted by molar-refractivity contribution is -0.125. The minimum atomic E-state index is -4.21. The van der Waals surface area contributed by atoms with E-state index in [1.165, 1.54) is 0 Å². The first kappa shape index (κ1) is 9.97. The lowest BCUT2D eigenvalue weighted by Crippen LogP contribution is -2.28. The molecule has 0 aliphatic carbocycles. The van der Waals surface area contributed by atoms with Gasteiger partial charge in [-0.2, -0.15) is 18.2 Å². The zero-order chi connectivity index (χ0) is 9.90. The first-order chi connectivity index (χ1) is 5.97. The molecule has 1 heterocycles. The number of alkyl halides is 3. The number of rotatable bonds is 3. The fourth-order valence-corrected chi connectivity index (χ4v) is 0.729. The van der Waals surface area contributed by atoms with Gasteiger partial charge in [0.05, 0.1) is 13.1 Å². The molecule has 0 radical (unpaired) electrons. The van der Waals surface area contributed by atoms with Gasteiger partial charge in [-0.15, -0.1) is 0 Å². The average molecular weight is 195 g/mol. The van der Waals surface area contributed by atoms with Gasteiger partial charge >= 0.3 is 6.18 Å². The molecule has 4 nitrogen and oxygen atoms in total. The molecule has 0 saturated carbocycles. The molecule has 1 aromatic rings. The Labute approximate surface area is 72.1 Å². The monoisotopic (exact) mass is 195 g/mol. The molecular formula is C6H8F3N3O. The second-order valence-electron chi connectivity index (χ2n) is 2.45. The van der Waals surface area contributed by atoms with Gasteiger partial charge in [0.1, 0.15) is 0 Å². The predicted molar refractivity (Wildman–Crippen MR) is 36.8 cm³/mol. The van der Waals surface area contributed by atoms with Gasteiger partial charge in [-0.05, 0) is 0 Å². The van der Waals surface area contributed by atoms with E-state index >= 15 is 0 Å². The highest BCUT2D eigenvalue weighted by Gasteiger charge is 2.26. The second kappa shape index (κ2) is 3.73. The normalized spacial score (nSPS) is 12.0. The van der Waals surface area contributed by atoms with Crippen molar-refractivity contribution < 1.29 is 17.7 Å². The Bertz CT molecular complexity index is 270. The lowest BCUT2D eigenvalue weighted by Gasteiger charge is -2.05. The molecule has 0 fully saturated rings. The highest BCUT2D eigenvalue weighted by atomic mass is 19.4. The van der Waals surface area contributed by atoms with Gasteiger partial charge < -0.3 is 9.84 Å². The van der Waals surface area contributed by atoms with Crippen molar-refractivity contribution in [2.45, 2.75) is 19.6 Å². The maximum absolute atomic E-state index is 11.6. The fraction of sp³-hybridized carbons (Fsp3) is 0.667. The number of aromatic nitrogens is 2. The van der Waals surface area contributed by atoms with Crippen LogP contribution >= 0.6 is 0 Å². The second-order valence-corrected chi connectivity index (χ2v) is 2.45. The lowest BCUT2D eigenvalue weighted by atomic mass is 10.5. The van der Waals surface area contributed by atoms with Crippen LogP contribution in [0.5, 0.6) is 0 Å².